The van der Waals surface area contributed by atoms with E-state index in [4.69, 9.17) is 11.6 Å². The number of nitrogens with one attached hydrogen (secondary N) is 1. The molecule has 0 atom stereocenters. The van der Waals surface area contributed by atoms with Gasteiger partial charge in [-0.2, -0.15) is 0 Å². The summed E-state index contributed by atoms with van der Waals surface area (Å²) in [7, 11) is 0. The maximum atomic E-state index is 6.01. The van der Waals surface area contributed by atoms with Crippen LogP contribution in [0.3, 0.4) is 0 Å². The first-order valence-electron chi connectivity index (χ1n) is 7.43. The van der Waals surface area contributed by atoms with Gasteiger partial charge in [0.15, 0.2) is 0 Å². The van der Waals surface area contributed by atoms with Crippen LogP contribution >= 0.6 is 11.6 Å². The summed E-state index contributed by atoms with van der Waals surface area (Å²) in [6.07, 6.45) is 1.56. The number of aromatic nitrogens is 2. The van der Waals surface area contributed by atoms with Gasteiger partial charge < -0.3 is 10.2 Å². The lowest BCUT2D eigenvalue weighted by Gasteiger charge is -2.22. The van der Waals surface area contributed by atoms with E-state index in [9.17, 15) is 0 Å². The average Bonchev–Trinajstić information content (AvgIpc) is 2.57. The Bertz CT molecular complexity index is 777. The number of halogens is 1. The molecule has 3 rings (SSSR count). The van der Waals surface area contributed by atoms with E-state index < -0.39 is 0 Å². The number of para-hydroxylation sites is 1. The van der Waals surface area contributed by atoms with Gasteiger partial charge in [-0.1, -0.05) is 35.9 Å². The standard InChI is InChI=1S/C18H17ClN4/c1-2-23(16-9-4-3-5-10-16)18-12-17(20-13-21-18)22-15-8-6-7-14(19)11-15/h3-13H,2H2,1H3,(H,20,21,22). The fourth-order valence-electron chi connectivity index (χ4n) is 2.36. The number of rotatable bonds is 5. The van der Waals surface area contributed by atoms with Gasteiger partial charge in [-0.25, -0.2) is 9.97 Å². The Morgan fingerprint density at radius 3 is 2.57 bits per heavy atom. The monoisotopic (exact) mass is 324 g/mol. The Balaban J connectivity index is 1.87. The van der Waals surface area contributed by atoms with Crippen LogP contribution in [-0.2, 0) is 0 Å². The van der Waals surface area contributed by atoms with E-state index in [1.807, 2.05) is 48.5 Å². The molecule has 23 heavy (non-hydrogen) atoms. The lowest BCUT2D eigenvalue weighted by molar-refractivity contribution is 0.977. The topological polar surface area (TPSA) is 41.0 Å². The molecule has 0 bridgehead atoms. The molecule has 2 aromatic carbocycles. The third-order valence-corrected chi connectivity index (χ3v) is 3.65. The van der Waals surface area contributed by atoms with E-state index in [0.717, 1.165) is 29.6 Å². The van der Waals surface area contributed by atoms with Crippen LogP contribution in [-0.4, -0.2) is 16.5 Å². The van der Waals surface area contributed by atoms with Crippen molar-refractivity contribution in [3.05, 3.63) is 72.0 Å². The van der Waals surface area contributed by atoms with Crippen LogP contribution in [0.5, 0.6) is 0 Å². The Morgan fingerprint density at radius 1 is 1.00 bits per heavy atom. The number of benzene rings is 2. The molecular formula is C18H17ClN4. The highest BCUT2D eigenvalue weighted by Crippen LogP contribution is 2.25. The molecule has 0 aliphatic rings. The number of hydrogen-bond acceptors (Lipinski definition) is 4. The summed E-state index contributed by atoms with van der Waals surface area (Å²) < 4.78 is 0. The Kier molecular flexibility index (Phi) is 4.74. The van der Waals surface area contributed by atoms with Crippen molar-refractivity contribution in [3.63, 3.8) is 0 Å². The van der Waals surface area contributed by atoms with Gasteiger partial charge in [0.25, 0.3) is 0 Å². The van der Waals surface area contributed by atoms with Gasteiger partial charge in [-0.3, -0.25) is 0 Å². The van der Waals surface area contributed by atoms with E-state index >= 15 is 0 Å². The number of nitrogens with zero attached hydrogens (tertiary/aromatic N) is 3. The van der Waals surface area contributed by atoms with Crippen molar-refractivity contribution >= 4 is 34.6 Å². The van der Waals surface area contributed by atoms with E-state index in [0.29, 0.717) is 5.02 Å². The summed E-state index contributed by atoms with van der Waals surface area (Å²) >= 11 is 6.01. The summed E-state index contributed by atoms with van der Waals surface area (Å²) in [4.78, 5) is 10.8. The smallest absolute Gasteiger partial charge is 0.138 e. The molecule has 0 unspecified atom stereocenters. The van der Waals surface area contributed by atoms with Gasteiger partial charge in [0.05, 0.1) is 0 Å². The van der Waals surface area contributed by atoms with Crippen LogP contribution in [0.15, 0.2) is 67.0 Å². The van der Waals surface area contributed by atoms with Crippen LogP contribution in [0, 0.1) is 0 Å². The summed E-state index contributed by atoms with van der Waals surface area (Å²) in [5.41, 5.74) is 1.99. The minimum atomic E-state index is 0.684. The van der Waals surface area contributed by atoms with Gasteiger partial charge in [0.1, 0.15) is 18.0 Å². The first-order valence-corrected chi connectivity index (χ1v) is 7.81. The molecule has 0 amide bonds. The lowest BCUT2D eigenvalue weighted by atomic mass is 10.3. The fraction of sp³-hybridized carbons (Fsp3) is 0.111. The summed E-state index contributed by atoms with van der Waals surface area (Å²) in [6, 6.07) is 19.6. The zero-order valence-electron chi connectivity index (χ0n) is 12.8. The molecule has 0 saturated heterocycles. The van der Waals surface area contributed by atoms with E-state index in [1.165, 1.54) is 0 Å². The maximum absolute atomic E-state index is 6.01. The highest BCUT2D eigenvalue weighted by atomic mass is 35.5. The first kappa shape index (κ1) is 15.3. The molecular weight excluding hydrogens is 308 g/mol. The number of hydrogen-bond donors (Lipinski definition) is 1. The largest absolute Gasteiger partial charge is 0.340 e. The summed E-state index contributed by atoms with van der Waals surface area (Å²) in [5, 5.41) is 3.94. The lowest BCUT2D eigenvalue weighted by Crippen LogP contribution is -2.17. The normalized spacial score (nSPS) is 10.3. The Labute approximate surface area is 140 Å². The van der Waals surface area contributed by atoms with Crippen molar-refractivity contribution in [1.29, 1.82) is 0 Å². The minimum Gasteiger partial charge on any atom is -0.340 e. The van der Waals surface area contributed by atoms with Gasteiger partial charge in [-0.05, 0) is 37.3 Å². The van der Waals surface area contributed by atoms with Crippen LogP contribution in [0.4, 0.5) is 23.0 Å². The van der Waals surface area contributed by atoms with Crippen LogP contribution in [0.1, 0.15) is 6.92 Å². The Morgan fingerprint density at radius 2 is 1.83 bits per heavy atom. The second-order valence-electron chi connectivity index (χ2n) is 4.98. The van der Waals surface area contributed by atoms with Crippen LogP contribution < -0.4 is 10.2 Å². The van der Waals surface area contributed by atoms with Crippen molar-refractivity contribution in [2.45, 2.75) is 6.92 Å². The molecule has 0 aliphatic carbocycles. The van der Waals surface area contributed by atoms with Gasteiger partial charge >= 0.3 is 0 Å². The second-order valence-corrected chi connectivity index (χ2v) is 5.41. The molecule has 1 heterocycles. The molecule has 0 aliphatic heterocycles. The zero-order chi connectivity index (χ0) is 16.1. The SMILES string of the molecule is CCN(c1ccccc1)c1cc(Nc2cccc(Cl)c2)ncn1. The third-order valence-electron chi connectivity index (χ3n) is 3.41. The average molecular weight is 325 g/mol. The molecule has 0 radical (unpaired) electrons. The highest BCUT2D eigenvalue weighted by molar-refractivity contribution is 6.30. The van der Waals surface area contributed by atoms with Gasteiger partial charge in [-0.15, -0.1) is 0 Å². The van der Waals surface area contributed by atoms with Crippen LogP contribution in [0.25, 0.3) is 0 Å². The van der Waals surface area contributed by atoms with E-state index in [2.05, 4.69) is 39.2 Å². The predicted molar refractivity (Wildman–Crippen MR) is 95.9 cm³/mol. The van der Waals surface area contributed by atoms with Crippen molar-refractivity contribution in [1.82, 2.24) is 9.97 Å². The maximum Gasteiger partial charge on any atom is 0.138 e. The van der Waals surface area contributed by atoms with Crippen molar-refractivity contribution in [2.75, 3.05) is 16.8 Å². The molecule has 4 nitrogen and oxygen atoms in total. The first-order chi connectivity index (χ1) is 11.3. The van der Waals surface area contributed by atoms with Crippen LogP contribution in [0.2, 0.25) is 5.02 Å². The molecule has 1 aromatic heterocycles. The molecule has 5 heteroatoms. The van der Waals surface area contributed by atoms with Crippen molar-refractivity contribution < 1.29 is 0 Å². The molecule has 116 valence electrons. The molecule has 0 fully saturated rings. The highest BCUT2D eigenvalue weighted by Gasteiger charge is 2.09. The van der Waals surface area contributed by atoms with Gasteiger partial charge in [0, 0.05) is 29.0 Å². The second kappa shape index (κ2) is 7.11. The molecule has 0 spiro atoms. The molecule has 1 N–H and O–H groups in total. The van der Waals surface area contributed by atoms with E-state index in [-0.39, 0.29) is 0 Å². The van der Waals surface area contributed by atoms with Crippen molar-refractivity contribution in [2.24, 2.45) is 0 Å². The summed E-state index contributed by atoms with van der Waals surface area (Å²) in [5.74, 6) is 1.57. The number of anilines is 4. The van der Waals surface area contributed by atoms with Crippen molar-refractivity contribution in [3.8, 4) is 0 Å². The minimum absolute atomic E-state index is 0.684. The fourth-order valence-corrected chi connectivity index (χ4v) is 2.55. The summed E-state index contributed by atoms with van der Waals surface area (Å²) in [6.45, 7) is 2.91. The van der Waals surface area contributed by atoms with E-state index in [1.54, 1.807) is 6.33 Å². The third kappa shape index (κ3) is 3.79. The molecule has 3 aromatic rings. The van der Waals surface area contributed by atoms with Gasteiger partial charge in [0.2, 0.25) is 0 Å². The molecule has 0 saturated carbocycles. The zero-order valence-corrected chi connectivity index (χ0v) is 13.5. The Hall–Kier alpha value is -2.59. The quantitative estimate of drug-likeness (QED) is 0.714. The predicted octanol–water partition coefficient (Wildman–Crippen LogP) is 5.03.